The van der Waals surface area contributed by atoms with Crippen LogP contribution in [0.3, 0.4) is 0 Å². The number of carbonyl (C=O) groups is 1. The molecule has 19 heavy (non-hydrogen) atoms. The largest absolute Gasteiger partial charge is 0.497 e. The second-order valence-electron chi connectivity index (χ2n) is 5.22. The Morgan fingerprint density at radius 2 is 2.21 bits per heavy atom. The molecule has 104 valence electrons. The van der Waals surface area contributed by atoms with Crippen LogP contribution in [0.25, 0.3) is 0 Å². The van der Waals surface area contributed by atoms with Crippen molar-refractivity contribution in [2.75, 3.05) is 31.7 Å². The van der Waals surface area contributed by atoms with Crippen LogP contribution in [0.15, 0.2) is 18.2 Å². The van der Waals surface area contributed by atoms with Crippen LogP contribution in [0.5, 0.6) is 5.75 Å². The number of nitrogens with zero attached hydrogens (tertiary/aromatic N) is 1. The van der Waals surface area contributed by atoms with Gasteiger partial charge in [-0.05, 0) is 26.0 Å². The molecule has 0 unspecified atom stereocenters. The summed E-state index contributed by atoms with van der Waals surface area (Å²) in [6, 6.07) is 5.02. The van der Waals surface area contributed by atoms with Crippen LogP contribution >= 0.6 is 0 Å². The molecule has 1 aliphatic rings. The highest BCUT2D eigenvalue weighted by Gasteiger charge is 2.29. The lowest BCUT2D eigenvalue weighted by molar-refractivity contribution is -0.0277. The van der Waals surface area contributed by atoms with Crippen molar-refractivity contribution < 1.29 is 19.4 Å². The highest BCUT2D eigenvalue weighted by molar-refractivity contribution is 5.95. The SMILES string of the molecule is COc1ccc(C(=O)O)c(N2CCOC(C)(C)C2)c1. The zero-order valence-electron chi connectivity index (χ0n) is 11.5. The van der Waals surface area contributed by atoms with Gasteiger partial charge in [-0.15, -0.1) is 0 Å². The Hall–Kier alpha value is -1.75. The molecule has 0 radical (unpaired) electrons. The lowest BCUT2D eigenvalue weighted by Crippen LogP contribution is -2.48. The Morgan fingerprint density at radius 1 is 1.47 bits per heavy atom. The van der Waals surface area contributed by atoms with E-state index in [1.54, 1.807) is 25.3 Å². The molecule has 5 nitrogen and oxygen atoms in total. The summed E-state index contributed by atoms with van der Waals surface area (Å²) < 4.78 is 10.8. The summed E-state index contributed by atoms with van der Waals surface area (Å²) in [7, 11) is 1.57. The van der Waals surface area contributed by atoms with E-state index in [1.807, 2.05) is 18.7 Å². The number of carboxylic acids is 1. The van der Waals surface area contributed by atoms with Crippen molar-refractivity contribution in [1.82, 2.24) is 0 Å². The molecule has 1 fully saturated rings. The number of anilines is 1. The van der Waals surface area contributed by atoms with Gasteiger partial charge in [-0.2, -0.15) is 0 Å². The summed E-state index contributed by atoms with van der Waals surface area (Å²) in [6.07, 6.45) is 0. The third-order valence-corrected chi connectivity index (χ3v) is 3.20. The maximum absolute atomic E-state index is 11.3. The summed E-state index contributed by atoms with van der Waals surface area (Å²) >= 11 is 0. The topological polar surface area (TPSA) is 59.0 Å². The summed E-state index contributed by atoms with van der Waals surface area (Å²) in [5.74, 6) is -0.272. The molecule has 0 aliphatic carbocycles. The van der Waals surface area contributed by atoms with Crippen molar-refractivity contribution in [3.05, 3.63) is 23.8 Å². The standard InChI is InChI=1S/C14H19NO4/c1-14(2)9-15(6-7-19-14)12-8-10(18-3)4-5-11(12)13(16)17/h4-5,8H,6-7,9H2,1-3H3,(H,16,17). The van der Waals surface area contributed by atoms with Gasteiger partial charge in [0.05, 0.1) is 30.6 Å². The van der Waals surface area contributed by atoms with Gasteiger partial charge in [0.25, 0.3) is 0 Å². The molecule has 1 aromatic rings. The zero-order valence-corrected chi connectivity index (χ0v) is 11.5. The molecular weight excluding hydrogens is 246 g/mol. The number of benzene rings is 1. The zero-order chi connectivity index (χ0) is 14.0. The van der Waals surface area contributed by atoms with Crippen LogP contribution in [0.2, 0.25) is 0 Å². The van der Waals surface area contributed by atoms with E-state index in [2.05, 4.69) is 0 Å². The van der Waals surface area contributed by atoms with Gasteiger partial charge in [-0.1, -0.05) is 0 Å². The van der Waals surface area contributed by atoms with Gasteiger partial charge in [0.1, 0.15) is 5.75 Å². The Labute approximate surface area is 112 Å². The predicted molar refractivity (Wildman–Crippen MR) is 72.2 cm³/mol. The van der Waals surface area contributed by atoms with Gasteiger partial charge in [0.15, 0.2) is 0 Å². The normalized spacial score (nSPS) is 18.2. The van der Waals surface area contributed by atoms with E-state index in [9.17, 15) is 9.90 Å². The average Bonchev–Trinajstić information content (AvgIpc) is 2.36. The Morgan fingerprint density at radius 3 is 2.79 bits per heavy atom. The van der Waals surface area contributed by atoms with Crippen molar-refractivity contribution in [3.63, 3.8) is 0 Å². The first-order chi connectivity index (χ1) is 8.93. The molecule has 1 aliphatic heterocycles. The average molecular weight is 265 g/mol. The second kappa shape index (κ2) is 5.09. The fraction of sp³-hybridized carbons (Fsp3) is 0.500. The first-order valence-electron chi connectivity index (χ1n) is 6.23. The molecule has 0 aromatic heterocycles. The van der Waals surface area contributed by atoms with E-state index in [1.165, 1.54) is 0 Å². The van der Waals surface area contributed by atoms with Crippen LogP contribution in [0.1, 0.15) is 24.2 Å². The molecule has 1 aromatic carbocycles. The number of aromatic carboxylic acids is 1. The molecule has 0 amide bonds. The Balaban J connectivity index is 2.38. The third-order valence-electron chi connectivity index (χ3n) is 3.20. The van der Waals surface area contributed by atoms with E-state index >= 15 is 0 Å². The molecule has 0 atom stereocenters. The molecule has 0 saturated carbocycles. The predicted octanol–water partition coefficient (Wildman–Crippen LogP) is 2.01. The summed E-state index contributed by atoms with van der Waals surface area (Å²) in [4.78, 5) is 13.4. The first kappa shape index (κ1) is 13.7. The van der Waals surface area contributed by atoms with Crippen molar-refractivity contribution in [1.29, 1.82) is 0 Å². The van der Waals surface area contributed by atoms with E-state index < -0.39 is 5.97 Å². The molecule has 0 spiro atoms. The highest BCUT2D eigenvalue weighted by Crippen LogP contribution is 2.29. The van der Waals surface area contributed by atoms with Gasteiger partial charge in [0, 0.05) is 19.2 Å². The minimum Gasteiger partial charge on any atom is -0.497 e. The number of hydrogen-bond acceptors (Lipinski definition) is 4. The first-order valence-corrected chi connectivity index (χ1v) is 6.23. The highest BCUT2D eigenvalue weighted by atomic mass is 16.5. The van der Waals surface area contributed by atoms with Crippen molar-refractivity contribution in [2.24, 2.45) is 0 Å². The Bertz CT molecular complexity index is 484. The van der Waals surface area contributed by atoms with Crippen molar-refractivity contribution in [2.45, 2.75) is 19.4 Å². The van der Waals surface area contributed by atoms with Gasteiger partial charge in [0.2, 0.25) is 0 Å². The number of morpholine rings is 1. The molecule has 1 heterocycles. The van der Waals surface area contributed by atoms with Crippen LogP contribution in [0, 0.1) is 0 Å². The van der Waals surface area contributed by atoms with Gasteiger partial charge in [-0.25, -0.2) is 4.79 Å². The van der Waals surface area contributed by atoms with Crippen LogP contribution in [0.4, 0.5) is 5.69 Å². The van der Waals surface area contributed by atoms with Crippen molar-refractivity contribution >= 4 is 11.7 Å². The van der Waals surface area contributed by atoms with E-state index in [0.717, 1.165) is 0 Å². The van der Waals surface area contributed by atoms with Gasteiger partial charge < -0.3 is 19.5 Å². The summed E-state index contributed by atoms with van der Waals surface area (Å²) in [5, 5.41) is 9.29. The lowest BCUT2D eigenvalue weighted by Gasteiger charge is -2.40. The lowest BCUT2D eigenvalue weighted by atomic mass is 10.0. The summed E-state index contributed by atoms with van der Waals surface area (Å²) in [5.41, 5.74) is 0.693. The molecule has 0 bridgehead atoms. The maximum atomic E-state index is 11.3. The minimum absolute atomic E-state index is 0.281. The Kier molecular flexibility index (Phi) is 3.66. The monoisotopic (exact) mass is 265 g/mol. The minimum atomic E-state index is -0.929. The number of methoxy groups -OCH3 is 1. The number of carboxylic acid groups (broad SMARTS) is 1. The second-order valence-corrected chi connectivity index (χ2v) is 5.22. The third kappa shape index (κ3) is 2.98. The van der Waals surface area contributed by atoms with E-state index in [0.29, 0.717) is 36.7 Å². The summed E-state index contributed by atoms with van der Waals surface area (Å²) in [6.45, 7) is 5.92. The maximum Gasteiger partial charge on any atom is 0.337 e. The molecule has 2 rings (SSSR count). The van der Waals surface area contributed by atoms with Crippen molar-refractivity contribution in [3.8, 4) is 5.75 Å². The molecule has 1 saturated heterocycles. The molecule has 5 heteroatoms. The van der Waals surface area contributed by atoms with Gasteiger partial charge >= 0.3 is 5.97 Å². The number of rotatable bonds is 3. The van der Waals surface area contributed by atoms with Crippen LogP contribution in [-0.2, 0) is 4.74 Å². The number of ether oxygens (including phenoxy) is 2. The van der Waals surface area contributed by atoms with E-state index in [4.69, 9.17) is 9.47 Å². The van der Waals surface area contributed by atoms with Gasteiger partial charge in [-0.3, -0.25) is 0 Å². The van der Waals surface area contributed by atoms with E-state index in [-0.39, 0.29) is 5.60 Å². The molecule has 1 N–H and O–H groups in total. The fourth-order valence-corrected chi connectivity index (χ4v) is 2.30. The van der Waals surface area contributed by atoms with Crippen LogP contribution < -0.4 is 9.64 Å². The fourth-order valence-electron chi connectivity index (χ4n) is 2.30. The van der Waals surface area contributed by atoms with Crippen LogP contribution in [-0.4, -0.2) is 43.5 Å². The number of hydrogen-bond donors (Lipinski definition) is 1. The smallest absolute Gasteiger partial charge is 0.337 e. The molecular formula is C14H19NO4. The quantitative estimate of drug-likeness (QED) is 0.906.